The van der Waals surface area contributed by atoms with E-state index in [4.69, 9.17) is 0 Å². The highest BCUT2D eigenvalue weighted by molar-refractivity contribution is 7.94. The number of nitrogens with zero attached hydrogens (tertiary/aromatic N) is 2. The number of aryl methyl sites for hydroxylation is 1. The second-order valence-electron chi connectivity index (χ2n) is 6.42. The van der Waals surface area contributed by atoms with Crippen molar-refractivity contribution in [3.05, 3.63) is 53.9 Å². The maximum Gasteiger partial charge on any atom is 0.244 e. The highest BCUT2D eigenvalue weighted by Gasteiger charge is 2.42. The molecule has 0 radical (unpaired) electrons. The number of hydrogen-bond acceptors (Lipinski definition) is 6. The van der Waals surface area contributed by atoms with Gasteiger partial charge in [0.25, 0.3) is 0 Å². The third-order valence-electron chi connectivity index (χ3n) is 4.23. The summed E-state index contributed by atoms with van der Waals surface area (Å²) in [4.78, 5) is 16.1. The standard InChI is InChI=1S/C17H19N3O5S2/c1-12-8-15(20-17(21)13(2)11-26(20,22)23)5-6-16(12)27(24,25)19-10-14-4-3-7-18-9-14/h3-9,13,19H,10-11H2,1-2H3/t13-/m1/s1. The van der Waals surface area contributed by atoms with Gasteiger partial charge < -0.3 is 0 Å². The normalized spacial score (nSPS) is 19.4. The van der Waals surface area contributed by atoms with Gasteiger partial charge in [0.2, 0.25) is 26.0 Å². The van der Waals surface area contributed by atoms with Crippen molar-refractivity contribution in [1.29, 1.82) is 0 Å². The third-order valence-corrected chi connectivity index (χ3v) is 7.66. The largest absolute Gasteiger partial charge is 0.273 e. The lowest BCUT2D eigenvalue weighted by atomic mass is 10.2. The minimum absolute atomic E-state index is 0.0206. The Kier molecular flexibility index (Phi) is 5.06. The second-order valence-corrected chi connectivity index (χ2v) is 10.0. The molecular formula is C17H19N3O5S2. The fourth-order valence-corrected chi connectivity index (χ4v) is 5.96. The molecule has 1 N–H and O–H groups in total. The minimum atomic E-state index is -3.81. The number of sulfonamides is 2. The van der Waals surface area contributed by atoms with Gasteiger partial charge in [-0.25, -0.2) is 25.9 Å². The lowest BCUT2D eigenvalue weighted by Gasteiger charge is -2.17. The van der Waals surface area contributed by atoms with Gasteiger partial charge in [0.05, 0.1) is 22.3 Å². The zero-order valence-corrected chi connectivity index (χ0v) is 16.4. The monoisotopic (exact) mass is 409 g/mol. The van der Waals surface area contributed by atoms with Crippen molar-refractivity contribution >= 4 is 31.6 Å². The molecule has 0 bridgehead atoms. The lowest BCUT2D eigenvalue weighted by molar-refractivity contribution is -0.119. The molecule has 27 heavy (non-hydrogen) atoms. The van der Waals surface area contributed by atoms with Crippen molar-refractivity contribution < 1.29 is 21.6 Å². The van der Waals surface area contributed by atoms with E-state index in [2.05, 4.69) is 9.71 Å². The van der Waals surface area contributed by atoms with Crippen LogP contribution in [0.5, 0.6) is 0 Å². The average Bonchev–Trinajstić information content (AvgIpc) is 2.81. The van der Waals surface area contributed by atoms with Gasteiger partial charge in [-0.05, 0) is 42.3 Å². The van der Waals surface area contributed by atoms with E-state index in [0.717, 1.165) is 4.31 Å². The number of rotatable bonds is 5. The zero-order valence-electron chi connectivity index (χ0n) is 14.8. The molecule has 0 saturated carbocycles. The van der Waals surface area contributed by atoms with Crippen LogP contribution in [0, 0.1) is 12.8 Å². The minimum Gasteiger partial charge on any atom is -0.273 e. The number of pyridine rings is 1. The summed E-state index contributed by atoms with van der Waals surface area (Å²) in [6.07, 6.45) is 3.15. The molecule has 3 rings (SSSR count). The van der Waals surface area contributed by atoms with Crippen molar-refractivity contribution in [2.45, 2.75) is 25.3 Å². The molecule has 144 valence electrons. The molecule has 1 aromatic heterocycles. The van der Waals surface area contributed by atoms with Crippen LogP contribution >= 0.6 is 0 Å². The van der Waals surface area contributed by atoms with E-state index >= 15 is 0 Å². The predicted molar refractivity (Wildman–Crippen MR) is 99.9 cm³/mol. The molecule has 10 heteroatoms. The maximum atomic E-state index is 12.6. The Morgan fingerprint density at radius 1 is 1.30 bits per heavy atom. The van der Waals surface area contributed by atoms with Crippen molar-refractivity contribution in [2.24, 2.45) is 5.92 Å². The quantitative estimate of drug-likeness (QED) is 0.793. The Morgan fingerprint density at radius 2 is 2.04 bits per heavy atom. The van der Waals surface area contributed by atoms with E-state index < -0.39 is 31.9 Å². The van der Waals surface area contributed by atoms with Crippen molar-refractivity contribution in [3.63, 3.8) is 0 Å². The average molecular weight is 409 g/mol. The number of anilines is 1. The highest BCUT2D eigenvalue weighted by Crippen LogP contribution is 2.30. The summed E-state index contributed by atoms with van der Waals surface area (Å²) >= 11 is 0. The summed E-state index contributed by atoms with van der Waals surface area (Å²) in [7, 11) is -7.55. The van der Waals surface area contributed by atoms with Crippen molar-refractivity contribution in [2.75, 3.05) is 10.1 Å². The molecule has 2 heterocycles. The van der Waals surface area contributed by atoms with Gasteiger partial charge >= 0.3 is 0 Å². The van der Waals surface area contributed by atoms with Crippen LogP contribution in [-0.4, -0.2) is 33.5 Å². The molecule has 0 spiro atoms. The lowest BCUT2D eigenvalue weighted by Crippen LogP contribution is -2.30. The molecule has 1 aromatic carbocycles. The molecule has 8 nitrogen and oxygen atoms in total. The fraction of sp³-hybridized carbons (Fsp3) is 0.294. The van der Waals surface area contributed by atoms with Gasteiger partial charge in [-0.15, -0.1) is 0 Å². The number of amides is 1. The molecule has 0 unspecified atom stereocenters. The SMILES string of the molecule is Cc1cc(N2C(=O)[C@H](C)CS2(=O)=O)ccc1S(=O)(=O)NCc1cccnc1. The number of carbonyl (C=O) groups is 1. The van der Waals surface area contributed by atoms with Gasteiger partial charge in [-0.3, -0.25) is 9.78 Å². The van der Waals surface area contributed by atoms with Crippen molar-refractivity contribution in [3.8, 4) is 0 Å². The molecule has 1 atom stereocenters. The maximum absolute atomic E-state index is 12.6. The summed E-state index contributed by atoms with van der Waals surface area (Å²) in [6.45, 7) is 3.18. The Balaban J connectivity index is 1.87. The number of benzene rings is 1. The topological polar surface area (TPSA) is 114 Å². The van der Waals surface area contributed by atoms with Crippen molar-refractivity contribution in [1.82, 2.24) is 9.71 Å². The first-order chi connectivity index (χ1) is 12.6. The van der Waals surface area contributed by atoms with Gasteiger partial charge in [-0.1, -0.05) is 13.0 Å². The molecule has 1 amide bonds. The van der Waals surface area contributed by atoms with E-state index in [1.807, 2.05) is 0 Å². The number of carbonyl (C=O) groups excluding carboxylic acids is 1. The first-order valence-electron chi connectivity index (χ1n) is 8.18. The predicted octanol–water partition coefficient (Wildman–Crippen LogP) is 1.18. The fourth-order valence-electron chi connectivity index (χ4n) is 2.91. The Morgan fingerprint density at radius 3 is 2.59 bits per heavy atom. The Labute approximate surface area is 158 Å². The smallest absolute Gasteiger partial charge is 0.244 e. The number of nitrogens with one attached hydrogen (secondary N) is 1. The van der Waals surface area contributed by atoms with Gasteiger partial charge in [0.15, 0.2) is 0 Å². The van der Waals surface area contributed by atoms with Gasteiger partial charge in [0, 0.05) is 18.9 Å². The van der Waals surface area contributed by atoms with Gasteiger partial charge in [0.1, 0.15) is 0 Å². The number of aromatic nitrogens is 1. The van der Waals surface area contributed by atoms with E-state index in [9.17, 15) is 21.6 Å². The van der Waals surface area contributed by atoms with Crippen LogP contribution in [0.3, 0.4) is 0 Å². The highest BCUT2D eigenvalue weighted by atomic mass is 32.2. The summed E-state index contributed by atoms with van der Waals surface area (Å²) < 4.78 is 52.8. The van der Waals surface area contributed by atoms with Crippen LogP contribution in [0.1, 0.15) is 18.1 Å². The second kappa shape index (κ2) is 7.02. The van der Waals surface area contributed by atoms with Crippen LogP contribution in [0.4, 0.5) is 5.69 Å². The zero-order chi connectivity index (χ0) is 19.8. The Hall–Kier alpha value is -2.30. The third kappa shape index (κ3) is 3.87. The molecule has 1 aliphatic heterocycles. The van der Waals surface area contributed by atoms with Gasteiger partial charge in [-0.2, -0.15) is 0 Å². The summed E-state index contributed by atoms with van der Waals surface area (Å²) in [5.74, 6) is -1.39. The first-order valence-corrected chi connectivity index (χ1v) is 11.3. The van der Waals surface area contributed by atoms with Crippen LogP contribution in [-0.2, 0) is 31.4 Å². The van der Waals surface area contributed by atoms with Crippen LogP contribution < -0.4 is 9.03 Å². The van der Waals surface area contributed by atoms with E-state index in [1.54, 1.807) is 38.4 Å². The molecule has 1 fully saturated rings. The van der Waals surface area contributed by atoms with E-state index in [0.29, 0.717) is 11.1 Å². The summed E-state index contributed by atoms with van der Waals surface area (Å²) in [5, 5.41) is 0. The molecular weight excluding hydrogens is 390 g/mol. The Bertz CT molecular complexity index is 1080. The summed E-state index contributed by atoms with van der Waals surface area (Å²) in [6, 6.07) is 7.49. The first kappa shape index (κ1) is 19.5. The van der Waals surface area contributed by atoms with E-state index in [1.165, 1.54) is 18.2 Å². The molecule has 1 aliphatic rings. The molecule has 1 saturated heterocycles. The van der Waals surface area contributed by atoms with Crippen LogP contribution in [0.15, 0.2) is 47.6 Å². The van der Waals surface area contributed by atoms with Crippen LogP contribution in [0.25, 0.3) is 0 Å². The van der Waals surface area contributed by atoms with E-state index in [-0.39, 0.29) is 22.9 Å². The van der Waals surface area contributed by atoms with Crippen LogP contribution in [0.2, 0.25) is 0 Å². The molecule has 0 aliphatic carbocycles. The molecule has 2 aromatic rings. The number of hydrogen-bond donors (Lipinski definition) is 1. The summed E-state index contributed by atoms with van der Waals surface area (Å²) in [5.41, 5.74) is 1.19.